The van der Waals surface area contributed by atoms with Crippen molar-refractivity contribution in [2.45, 2.75) is 11.3 Å². The Bertz CT molecular complexity index is 737. The number of anilines is 1. The second-order valence-corrected chi connectivity index (χ2v) is 9.13. The Morgan fingerprint density at radius 1 is 1.35 bits per heavy atom. The molecule has 1 aromatic rings. The molecule has 0 aliphatic carbocycles. The summed E-state index contributed by atoms with van der Waals surface area (Å²) in [5.41, 5.74) is 0.349. The van der Waals surface area contributed by atoms with Gasteiger partial charge < -0.3 is 5.32 Å². The first-order valence-corrected chi connectivity index (χ1v) is 9.70. The van der Waals surface area contributed by atoms with E-state index in [1.54, 1.807) is 6.07 Å². The first-order chi connectivity index (χ1) is 9.17. The summed E-state index contributed by atoms with van der Waals surface area (Å²) >= 11 is 0. The number of nitrogens with one attached hydrogen (secondary N) is 1. The summed E-state index contributed by atoms with van der Waals surface area (Å²) in [6.07, 6.45) is 1.39. The molecular formula is C12H15NO5S2. The zero-order valence-electron chi connectivity index (χ0n) is 10.9. The lowest BCUT2D eigenvalue weighted by Gasteiger charge is -2.10. The number of hydrogen-bond acceptors (Lipinski definition) is 5. The lowest BCUT2D eigenvalue weighted by atomic mass is 10.1. The third kappa shape index (κ3) is 3.57. The van der Waals surface area contributed by atoms with Crippen molar-refractivity contribution >= 4 is 31.3 Å². The van der Waals surface area contributed by atoms with Crippen molar-refractivity contribution in [3.63, 3.8) is 0 Å². The molecule has 1 amide bonds. The van der Waals surface area contributed by atoms with Crippen LogP contribution < -0.4 is 5.32 Å². The highest BCUT2D eigenvalue weighted by atomic mass is 32.2. The van der Waals surface area contributed by atoms with Gasteiger partial charge in [-0.15, -0.1) is 0 Å². The van der Waals surface area contributed by atoms with Gasteiger partial charge in [0.15, 0.2) is 19.7 Å². The zero-order valence-corrected chi connectivity index (χ0v) is 12.5. The summed E-state index contributed by atoms with van der Waals surface area (Å²) in [7, 11) is -6.47. The maximum Gasteiger partial charge on any atom is 0.228 e. The van der Waals surface area contributed by atoms with Gasteiger partial charge >= 0.3 is 0 Å². The molecule has 1 aromatic carbocycles. The van der Waals surface area contributed by atoms with Crippen LogP contribution in [0.4, 0.5) is 5.69 Å². The predicted octanol–water partition coefficient (Wildman–Crippen LogP) is 0.463. The van der Waals surface area contributed by atoms with E-state index >= 15 is 0 Å². The molecule has 110 valence electrons. The maximum atomic E-state index is 11.9. The molecule has 1 N–H and O–H groups in total. The van der Waals surface area contributed by atoms with Crippen molar-refractivity contribution in [1.82, 2.24) is 0 Å². The van der Waals surface area contributed by atoms with Crippen molar-refractivity contribution < 1.29 is 21.6 Å². The van der Waals surface area contributed by atoms with Crippen LogP contribution in [-0.2, 0) is 24.5 Å². The van der Waals surface area contributed by atoms with Crippen LogP contribution in [0.3, 0.4) is 0 Å². The molecule has 6 nitrogen and oxygen atoms in total. The summed E-state index contributed by atoms with van der Waals surface area (Å²) in [5.74, 6) is -1.09. The molecule has 0 aromatic heterocycles. The van der Waals surface area contributed by atoms with E-state index < -0.39 is 31.5 Å². The van der Waals surface area contributed by atoms with E-state index in [0.717, 1.165) is 6.26 Å². The van der Waals surface area contributed by atoms with E-state index in [-0.39, 0.29) is 16.4 Å². The quantitative estimate of drug-likeness (QED) is 0.873. The van der Waals surface area contributed by atoms with Crippen LogP contribution in [0.2, 0.25) is 0 Å². The van der Waals surface area contributed by atoms with Gasteiger partial charge in [-0.05, 0) is 24.6 Å². The maximum absolute atomic E-state index is 11.9. The fraction of sp³-hybridized carbons (Fsp3) is 0.417. The largest absolute Gasteiger partial charge is 0.326 e. The first kappa shape index (κ1) is 15.0. The third-order valence-electron chi connectivity index (χ3n) is 3.13. The molecule has 1 aliphatic rings. The second-order valence-electron chi connectivity index (χ2n) is 4.89. The topological polar surface area (TPSA) is 97.4 Å². The Balaban J connectivity index is 2.13. The van der Waals surface area contributed by atoms with Gasteiger partial charge in [0, 0.05) is 11.9 Å². The van der Waals surface area contributed by atoms with Gasteiger partial charge in [-0.1, -0.05) is 6.07 Å². The van der Waals surface area contributed by atoms with Gasteiger partial charge in [-0.25, -0.2) is 16.8 Å². The van der Waals surface area contributed by atoms with Crippen molar-refractivity contribution in [3.8, 4) is 0 Å². The SMILES string of the molecule is CS(=O)(=O)c1cccc(NC(=O)[C@H]2CCS(=O)(=O)C2)c1. The van der Waals surface area contributed by atoms with Crippen LogP contribution in [0.1, 0.15) is 6.42 Å². The highest BCUT2D eigenvalue weighted by molar-refractivity contribution is 7.91. The Morgan fingerprint density at radius 2 is 2.05 bits per heavy atom. The number of benzene rings is 1. The fourth-order valence-corrected chi connectivity index (χ4v) is 4.46. The second kappa shape index (κ2) is 5.17. The van der Waals surface area contributed by atoms with Crippen LogP contribution >= 0.6 is 0 Å². The molecular weight excluding hydrogens is 302 g/mol. The van der Waals surface area contributed by atoms with Gasteiger partial charge in [0.1, 0.15) is 0 Å². The molecule has 1 fully saturated rings. The van der Waals surface area contributed by atoms with Gasteiger partial charge in [0.2, 0.25) is 5.91 Å². The average molecular weight is 317 g/mol. The van der Waals surface area contributed by atoms with E-state index in [0.29, 0.717) is 12.1 Å². The number of rotatable bonds is 3. The highest BCUT2D eigenvalue weighted by Crippen LogP contribution is 2.21. The number of amides is 1. The summed E-state index contributed by atoms with van der Waals surface area (Å²) < 4.78 is 45.5. The van der Waals surface area contributed by atoms with Crippen molar-refractivity contribution in [1.29, 1.82) is 0 Å². The van der Waals surface area contributed by atoms with Gasteiger partial charge in [0.05, 0.1) is 22.3 Å². The zero-order chi connectivity index (χ0) is 15.0. The van der Waals surface area contributed by atoms with Gasteiger partial charge in [0.25, 0.3) is 0 Å². The lowest BCUT2D eigenvalue weighted by Crippen LogP contribution is -2.23. The van der Waals surface area contributed by atoms with Gasteiger partial charge in [-0.3, -0.25) is 4.79 Å². The number of hydrogen-bond donors (Lipinski definition) is 1. The molecule has 0 radical (unpaired) electrons. The van der Waals surface area contributed by atoms with Crippen molar-refractivity contribution in [2.75, 3.05) is 23.1 Å². The fourth-order valence-electron chi connectivity index (χ4n) is 2.05. The molecule has 1 saturated heterocycles. The molecule has 0 saturated carbocycles. The molecule has 1 heterocycles. The number of carbonyl (C=O) groups is 1. The Hall–Kier alpha value is -1.41. The van der Waals surface area contributed by atoms with Crippen molar-refractivity contribution in [2.24, 2.45) is 5.92 Å². The Kier molecular flexibility index (Phi) is 3.88. The minimum Gasteiger partial charge on any atom is -0.326 e. The molecule has 2 rings (SSSR count). The Morgan fingerprint density at radius 3 is 2.60 bits per heavy atom. The van der Waals surface area contributed by atoms with Crippen molar-refractivity contribution in [3.05, 3.63) is 24.3 Å². The van der Waals surface area contributed by atoms with E-state index in [1.807, 2.05) is 0 Å². The highest BCUT2D eigenvalue weighted by Gasteiger charge is 2.32. The summed E-state index contributed by atoms with van der Waals surface area (Å²) in [4.78, 5) is 12.0. The lowest BCUT2D eigenvalue weighted by molar-refractivity contribution is -0.119. The average Bonchev–Trinajstić information content (AvgIpc) is 2.69. The monoisotopic (exact) mass is 317 g/mol. The van der Waals surface area contributed by atoms with E-state index in [2.05, 4.69) is 5.32 Å². The van der Waals surface area contributed by atoms with Crippen LogP contribution in [0, 0.1) is 5.92 Å². The van der Waals surface area contributed by atoms with Gasteiger partial charge in [-0.2, -0.15) is 0 Å². The molecule has 0 unspecified atom stereocenters. The molecule has 1 atom stereocenters. The van der Waals surface area contributed by atoms with E-state index in [9.17, 15) is 21.6 Å². The predicted molar refractivity (Wildman–Crippen MR) is 74.9 cm³/mol. The summed E-state index contributed by atoms with van der Waals surface area (Å²) in [5, 5.41) is 2.57. The minimum atomic E-state index is -3.35. The summed E-state index contributed by atoms with van der Waals surface area (Å²) in [6.45, 7) is 0. The number of carbonyl (C=O) groups excluding carboxylic acids is 1. The summed E-state index contributed by atoms with van der Waals surface area (Å²) in [6, 6.07) is 5.88. The number of sulfone groups is 2. The minimum absolute atomic E-state index is 0.0223. The Labute approximate surface area is 118 Å². The molecule has 20 heavy (non-hydrogen) atoms. The standard InChI is InChI=1S/C12H15NO5S2/c1-19(15,16)11-4-2-3-10(7-11)13-12(14)9-5-6-20(17,18)8-9/h2-4,7,9H,5-6,8H2,1H3,(H,13,14)/t9-/m0/s1. The molecule has 0 spiro atoms. The van der Waals surface area contributed by atoms with Crippen LogP contribution in [0.5, 0.6) is 0 Å². The van der Waals surface area contributed by atoms with E-state index in [1.165, 1.54) is 18.2 Å². The third-order valence-corrected chi connectivity index (χ3v) is 6.01. The van der Waals surface area contributed by atoms with Crippen LogP contribution in [0.25, 0.3) is 0 Å². The van der Waals surface area contributed by atoms with Crippen LogP contribution in [-0.4, -0.2) is 40.5 Å². The van der Waals surface area contributed by atoms with Crippen LogP contribution in [0.15, 0.2) is 29.2 Å². The first-order valence-electron chi connectivity index (χ1n) is 5.99. The molecule has 1 aliphatic heterocycles. The molecule has 0 bridgehead atoms. The van der Waals surface area contributed by atoms with E-state index in [4.69, 9.17) is 0 Å². The normalized spacial score (nSPS) is 21.6. The molecule has 8 heteroatoms. The smallest absolute Gasteiger partial charge is 0.228 e.